The van der Waals surface area contributed by atoms with E-state index in [1.54, 1.807) is 23.9 Å². The minimum atomic E-state index is -0.483. The molecule has 1 nitrogen and oxygen atoms in total. The number of benzene rings is 1. The molecule has 90 valence electrons. The Bertz CT molecular complexity index is 344. The summed E-state index contributed by atoms with van der Waals surface area (Å²) in [5.41, 5.74) is 0.569. The maximum atomic E-state index is 13.5. The summed E-state index contributed by atoms with van der Waals surface area (Å²) < 4.78 is 14.2. The second kappa shape index (κ2) is 6.62. The number of hydrogen-bond acceptors (Lipinski definition) is 2. The van der Waals surface area contributed by atoms with Crippen LogP contribution in [0.4, 0.5) is 4.39 Å². The van der Waals surface area contributed by atoms with E-state index in [-0.39, 0.29) is 5.82 Å². The average molecular weight is 307 g/mol. The van der Waals surface area contributed by atoms with Crippen molar-refractivity contribution in [3.63, 3.8) is 0 Å². The van der Waals surface area contributed by atoms with Crippen LogP contribution in [0.25, 0.3) is 0 Å². The Labute approximate surface area is 109 Å². The summed E-state index contributed by atoms with van der Waals surface area (Å²) in [5, 5.41) is 10.2. The Morgan fingerprint density at radius 1 is 1.44 bits per heavy atom. The smallest absolute Gasteiger partial charge is 0.127 e. The minimum absolute atomic E-state index is 0.261. The third kappa shape index (κ3) is 4.85. The van der Waals surface area contributed by atoms with Crippen molar-refractivity contribution in [3.8, 4) is 0 Å². The van der Waals surface area contributed by atoms with E-state index in [1.165, 1.54) is 6.07 Å². The van der Waals surface area contributed by atoms with Gasteiger partial charge in [0, 0.05) is 16.6 Å². The lowest BCUT2D eigenvalue weighted by molar-refractivity contribution is 0.198. The number of aliphatic hydroxyl groups excluding tert-OH is 1. The fourth-order valence-corrected chi connectivity index (χ4v) is 2.36. The molecular weight excluding hydrogens is 291 g/mol. The summed E-state index contributed by atoms with van der Waals surface area (Å²) in [5.74, 6) is 0.385. The number of rotatable bonds is 5. The van der Waals surface area contributed by atoms with Crippen molar-refractivity contribution in [2.45, 2.75) is 31.6 Å². The molecule has 0 fully saturated rings. The summed E-state index contributed by atoms with van der Waals surface area (Å²) >= 11 is 4.89. The molecule has 0 aliphatic heterocycles. The van der Waals surface area contributed by atoms with E-state index in [1.807, 2.05) is 0 Å². The lowest BCUT2D eigenvalue weighted by Crippen LogP contribution is -2.15. The molecule has 1 rings (SSSR count). The highest BCUT2D eigenvalue weighted by Crippen LogP contribution is 2.18. The van der Waals surface area contributed by atoms with Crippen molar-refractivity contribution < 1.29 is 9.50 Å². The van der Waals surface area contributed by atoms with Crippen LogP contribution in [0, 0.1) is 5.82 Å². The minimum Gasteiger partial charge on any atom is -0.392 e. The van der Waals surface area contributed by atoms with Gasteiger partial charge in [0.05, 0.1) is 6.10 Å². The number of halogens is 2. The predicted octanol–water partition coefficient (Wildman–Crippen LogP) is 3.63. The van der Waals surface area contributed by atoms with Crippen LogP contribution in [0.1, 0.15) is 19.4 Å². The van der Waals surface area contributed by atoms with Crippen LogP contribution in [0.15, 0.2) is 22.7 Å². The van der Waals surface area contributed by atoms with E-state index < -0.39 is 6.10 Å². The Hall–Kier alpha value is -0.0600. The molecule has 0 saturated heterocycles. The van der Waals surface area contributed by atoms with Gasteiger partial charge in [-0.15, -0.1) is 0 Å². The van der Waals surface area contributed by atoms with Gasteiger partial charge >= 0.3 is 0 Å². The molecule has 1 aromatic rings. The van der Waals surface area contributed by atoms with Gasteiger partial charge in [0.1, 0.15) is 5.82 Å². The van der Waals surface area contributed by atoms with E-state index in [2.05, 4.69) is 29.8 Å². The molecule has 1 N–H and O–H groups in total. The van der Waals surface area contributed by atoms with Gasteiger partial charge in [-0.05, 0) is 22.9 Å². The molecule has 0 spiro atoms. The van der Waals surface area contributed by atoms with E-state index in [9.17, 15) is 9.50 Å². The lowest BCUT2D eigenvalue weighted by Gasteiger charge is -2.12. The van der Waals surface area contributed by atoms with Crippen LogP contribution in [0.2, 0.25) is 0 Å². The molecule has 0 amide bonds. The van der Waals surface area contributed by atoms with Gasteiger partial charge < -0.3 is 5.11 Å². The Balaban J connectivity index is 2.52. The van der Waals surface area contributed by atoms with Crippen LogP contribution < -0.4 is 0 Å². The Morgan fingerprint density at radius 3 is 2.69 bits per heavy atom. The van der Waals surface area contributed by atoms with E-state index in [0.29, 0.717) is 23.0 Å². The molecule has 16 heavy (non-hydrogen) atoms. The molecular formula is C12H16BrFOS. The SMILES string of the molecule is CC(C)SCC(O)Cc1ccc(Br)cc1F. The number of hydrogen-bond donors (Lipinski definition) is 1. The van der Waals surface area contributed by atoms with Gasteiger partial charge in [-0.25, -0.2) is 4.39 Å². The maximum Gasteiger partial charge on any atom is 0.127 e. The number of aliphatic hydroxyl groups is 1. The maximum absolute atomic E-state index is 13.5. The monoisotopic (exact) mass is 306 g/mol. The zero-order valence-corrected chi connectivity index (χ0v) is 11.8. The Morgan fingerprint density at radius 2 is 2.12 bits per heavy atom. The third-order valence-corrected chi connectivity index (χ3v) is 3.83. The van der Waals surface area contributed by atoms with Crippen molar-refractivity contribution in [2.24, 2.45) is 0 Å². The highest BCUT2D eigenvalue weighted by atomic mass is 79.9. The molecule has 0 aliphatic carbocycles. The van der Waals surface area contributed by atoms with Gasteiger partial charge in [-0.1, -0.05) is 35.8 Å². The van der Waals surface area contributed by atoms with Gasteiger partial charge in [0.2, 0.25) is 0 Å². The first-order valence-electron chi connectivity index (χ1n) is 5.22. The zero-order valence-electron chi connectivity index (χ0n) is 9.41. The molecule has 0 saturated carbocycles. The van der Waals surface area contributed by atoms with E-state index >= 15 is 0 Å². The fraction of sp³-hybridized carbons (Fsp3) is 0.500. The fourth-order valence-electron chi connectivity index (χ4n) is 1.30. The van der Waals surface area contributed by atoms with Crippen LogP contribution in [-0.2, 0) is 6.42 Å². The topological polar surface area (TPSA) is 20.2 Å². The summed E-state index contributed by atoms with van der Waals surface area (Å²) in [4.78, 5) is 0. The molecule has 0 aromatic heterocycles. The summed E-state index contributed by atoms with van der Waals surface area (Å²) in [6, 6.07) is 4.93. The molecule has 0 aliphatic rings. The zero-order chi connectivity index (χ0) is 12.1. The Kier molecular flexibility index (Phi) is 5.79. The second-order valence-electron chi connectivity index (χ2n) is 3.98. The molecule has 0 heterocycles. The highest BCUT2D eigenvalue weighted by molar-refractivity contribution is 9.10. The lowest BCUT2D eigenvalue weighted by atomic mass is 10.1. The average Bonchev–Trinajstić information content (AvgIpc) is 2.19. The van der Waals surface area contributed by atoms with Gasteiger partial charge in [0.15, 0.2) is 0 Å². The van der Waals surface area contributed by atoms with Crippen molar-refractivity contribution in [1.29, 1.82) is 0 Å². The van der Waals surface area contributed by atoms with Crippen molar-refractivity contribution in [3.05, 3.63) is 34.1 Å². The molecule has 0 bridgehead atoms. The van der Waals surface area contributed by atoms with Crippen molar-refractivity contribution >= 4 is 27.7 Å². The molecule has 1 unspecified atom stereocenters. The predicted molar refractivity (Wildman–Crippen MR) is 71.4 cm³/mol. The van der Waals surface area contributed by atoms with Crippen molar-refractivity contribution in [1.82, 2.24) is 0 Å². The van der Waals surface area contributed by atoms with Gasteiger partial charge in [-0.2, -0.15) is 11.8 Å². The summed E-state index contributed by atoms with van der Waals surface area (Å²) in [7, 11) is 0. The van der Waals surface area contributed by atoms with Crippen molar-refractivity contribution in [2.75, 3.05) is 5.75 Å². The van der Waals surface area contributed by atoms with Gasteiger partial charge in [0.25, 0.3) is 0 Å². The molecule has 1 aromatic carbocycles. The van der Waals surface area contributed by atoms with Crippen LogP contribution in [-0.4, -0.2) is 22.2 Å². The summed E-state index contributed by atoms with van der Waals surface area (Å²) in [6.07, 6.45) is -0.109. The van der Waals surface area contributed by atoms with Crippen LogP contribution in [0.3, 0.4) is 0 Å². The third-order valence-electron chi connectivity index (χ3n) is 2.09. The highest BCUT2D eigenvalue weighted by Gasteiger charge is 2.10. The van der Waals surface area contributed by atoms with Crippen LogP contribution >= 0.6 is 27.7 Å². The first-order chi connectivity index (χ1) is 7.49. The van der Waals surface area contributed by atoms with Crippen LogP contribution in [0.5, 0.6) is 0 Å². The molecule has 0 radical (unpaired) electrons. The molecule has 1 atom stereocenters. The normalized spacial score (nSPS) is 13.1. The second-order valence-corrected chi connectivity index (χ2v) is 6.50. The first kappa shape index (κ1) is 14.0. The largest absolute Gasteiger partial charge is 0.392 e. The van der Waals surface area contributed by atoms with E-state index in [0.717, 1.165) is 4.47 Å². The molecule has 4 heteroatoms. The summed E-state index contributed by atoms with van der Waals surface area (Å²) in [6.45, 7) is 4.16. The number of thioether (sulfide) groups is 1. The van der Waals surface area contributed by atoms with E-state index in [4.69, 9.17) is 0 Å². The first-order valence-corrected chi connectivity index (χ1v) is 7.07. The standard InChI is InChI=1S/C12H16BrFOS/c1-8(2)16-7-11(15)5-9-3-4-10(13)6-12(9)14/h3-4,6,8,11,15H,5,7H2,1-2H3. The van der Waals surface area contributed by atoms with Gasteiger partial charge in [-0.3, -0.25) is 0 Å². The quantitative estimate of drug-likeness (QED) is 0.896.